The molecule has 5 heteroatoms. The van der Waals surface area contributed by atoms with Crippen molar-refractivity contribution >= 4 is 23.0 Å². The van der Waals surface area contributed by atoms with E-state index in [0.29, 0.717) is 11.0 Å². The van der Waals surface area contributed by atoms with Crippen LogP contribution in [0.3, 0.4) is 0 Å². The second-order valence-electron chi connectivity index (χ2n) is 6.21. The van der Waals surface area contributed by atoms with Crippen LogP contribution < -0.4 is 20.1 Å². The van der Waals surface area contributed by atoms with Crippen molar-refractivity contribution in [3.63, 3.8) is 0 Å². The standard InChI is InChI=1S/C19H22N2O2S/c1-12(2)14-4-6-15(7-5-14)13(3)20-19(24)21-16-8-9-17-18(10-16)23-11-22-17/h4-10,12-13H,11H2,1-3H3,(H2,20,21,24). The molecule has 126 valence electrons. The van der Waals surface area contributed by atoms with E-state index in [4.69, 9.17) is 21.7 Å². The van der Waals surface area contributed by atoms with Gasteiger partial charge in [-0.05, 0) is 48.3 Å². The van der Waals surface area contributed by atoms with Gasteiger partial charge in [0.15, 0.2) is 16.6 Å². The first-order chi connectivity index (χ1) is 11.5. The van der Waals surface area contributed by atoms with E-state index in [1.807, 2.05) is 18.2 Å². The highest BCUT2D eigenvalue weighted by molar-refractivity contribution is 7.80. The minimum Gasteiger partial charge on any atom is -0.454 e. The van der Waals surface area contributed by atoms with Crippen LogP contribution in [0.2, 0.25) is 0 Å². The third kappa shape index (κ3) is 3.79. The minimum absolute atomic E-state index is 0.125. The van der Waals surface area contributed by atoms with Crippen LogP contribution in [0.4, 0.5) is 5.69 Å². The molecule has 0 fully saturated rings. The van der Waals surface area contributed by atoms with Crippen LogP contribution in [0.15, 0.2) is 42.5 Å². The first-order valence-corrected chi connectivity index (χ1v) is 8.51. The third-order valence-electron chi connectivity index (χ3n) is 4.08. The van der Waals surface area contributed by atoms with Crippen LogP contribution in [-0.2, 0) is 0 Å². The summed E-state index contributed by atoms with van der Waals surface area (Å²) in [5.74, 6) is 2.04. The molecule has 0 spiro atoms. The van der Waals surface area contributed by atoms with Crippen molar-refractivity contribution in [2.24, 2.45) is 0 Å². The summed E-state index contributed by atoms with van der Waals surface area (Å²) in [6, 6.07) is 14.5. The van der Waals surface area contributed by atoms with Gasteiger partial charge >= 0.3 is 0 Å². The summed E-state index contributed by atoms with van der Waals surface area (Å²) in [7, 11) is 0. The van der Waals surface area contributed by atoms with Gasteiger partial charge in [-0.3, -0.25) is 0 Å². The van der Waals surface area contributed by atoms with Crippen molar-refractivity contribution in [2.75, 3.05) is 12.1 Å². The maximum atomic E-state index is 5.41. The van der Waals surface area contributed by atoms with Crippen molar-refractivity contribution < 1.29 is 9.47 Å². The second kappa shape index (κ2) is 7.09. The van der Waals surface area contributed by atoms with Gasteiger partial charge in [0.2, 0.25) is 6.79 Å². The lowest BCUT2D eigenvalue weighted by Crippen LogP contribution is -2.30. The zero-order valence-corrected chi connectivity index (χ0v) is 14.9. The van der Waals surface area contributed by atoms with Gasteiger partial charge in [-0.1, -0.05) is 38.1 Å². The zero-order valence-electron chi connectivity index (χ0n) is 14.1. The predicted octanol–water partition coefficient (Wildman–Crippen LogP) is 4.59. The van der Waals surface area contributed by atoms with E-state index in [1.54, 1.807) is 0 Å². The van der Waals surface area contributed by atoms with Crippen LogP contribution in [0.1, 0.15) is 43.9 Å². The Hall–Kier alpha value is -2.27. The lowest BCUT2D eigenvalue weighted by Gasteiger charge is -2.18. The molecule has 1 aliphatic heterocycles. The Morgan fingerprint density at radius 1 is 0.958 bits per heavy atom. The van der Waals surface area contributed by atoms with Gasteiger partial charge in [-0.15, -0.1) is 0 Å². The van der Waals surface area contributed by atoms with Gasteiger partial charge in [0.05, 0.1) is 6.04 Å². The summed E-state index contributed by atoms with van der Waals surface area (Å²) in [6.07, 6.45) is 0. The third-order valence-corrected chi connectivity index (χ3v) is 4.30. The molecular formula is C19H22N2O2S. The molecular weight excluding hydrogens is 320 g/mol. The number of hydrogen-bond acceptors (Lipinski definition) is 3. The minimum atomic E-state index is 0.125. The quantitative estimate of drug-likeness (QED) is 0.796. The monoisotopic (exact) mass is 342 g/mol. The average Bonchev–Trinajstić information content (AvgIpc) is 3.02. The Labute approximate surface area is 148 Å². The van der Waals surface area contributed by atoms with Crippen molar-refractivity contribution in [3.8, 4) is 11.5 Å². The zero-order chi connectivity index (χ0) is 17.1. The topological polar surface area (TPSA) is 42.5 Å². The number of hydrogen-bond donors (Lipinski definition) is 2. The molecule has 2 aromatic carbocycles. The van der Waals surface area contributed by atoms with Crippen LogP contribution in [0.25, 0.3) is 0 Å². The summed E-state index contributed by atoms with van der Waals surface area (Å²) in [4.78, 5) is 0. The molecule has 1 aliphatic rings. The SMILES string of the molecule is CC(C)c1ccc(C(C)NC(=S)Nc2ccc3c(c2)OCO3)cc1. The Kier molecular flexibility index (Phi) is 4.90. The first-order valence-electron chi connectivity index (χ1n) is 8.10. The summed E-state index contributed by atoms with van der Waals surface area (Å²) in [5, 5.41) is 7.07. The normalized spacial score (nSPS) is 13.7. The van der Waals surface area contributed by atoms with Crippen molar-refractivity contribution in [1.29, 1.82) is 0 Å². The van der Waals surface area contributed by atoms with Crippen LogP contribution in [-0.4, -0.2) is 11.9 Å². The van der Waals surface area contributed by atoms with E-state index in [1.165, 1.54) is 11.1 Å². The maximum Gasteiger partial charge on any atom is 0.231 e. The molecule has 2 aromatic rings. The largest absolute Gasteiger partial charge is 0.454 e. The van der Waals surface area contributed by atoms with Gasteiger partial charge in [0.25, 0.3) is 0 Å². The Morgan fingerprint density at radius 3 is 2.33 bits per heavy atom. The number of rotatable bonds is 4. The van der Waals surface area contributed by atoms with Crippen molar-refractivity contribution in [1.82, 2.24) is 5.32 Å². The van der Waals surface area contributed by atoms with E-state index in [-0.39, 0.29) is 12.8 Å². The number of thiocarbonyl (C=S) groups is 1. The fourth-order valence-corrected chi connectivity index (χ4v) is 2.89. The van der Waals surface area contributed by atoms with Crippen molar-refractivity contribution in [3.05, 3.63) is 53.6 Å². The molecule has 0 aromatic heterocycles. The summed E-state index contributed by atoms with van der Waals surface area (Å²) in [5.41, 5.74) is 3.42. The van der Waals surface area contributed by atoms with Crippen LogP contribution >= 0.6 is 12.2 Å². The van der Waals surface area contributed by atoms with Crippen LogP contribution in [0.5, 0.6) is 11.5 Å². The number of benzene rings is 2. The second-order valence-corrected chi connectivity index (χ2v) is 6.62. The summed E-state index contributed by atoms with van der Waals surface area (Å²) in [6.45, 7) is 6.76. The molecule has 0 bridgehead atoms. The molecule has 1 unspecified atom stereocenters. The Balaban J connectivity index is 1.59. The first kappa shape index (κ1) is 16.6. The molecule has 0 radical (unpaired) electrons. The molecule has 24 heavy (non-hydrogen) atoms. The molecule has 0 saturated carbocycles. The van der Waals surface area contributed by atoms with Crippen LogP contribution in [0, 0.1) is 0 Å². The Morgan fingerprint density at radius 2 is 1.62 bits per heavy atom. The fraction of sp³-hybridized carbons (Fsp3) is 0.316. The number of ether oxygens (including phenoxy) is 2. The van der Waals surface area contributed by atoms with Gasteiger partial charge in [-0.25, -0.2) is 0 Å². The van der Waals surface area contributed by atoms with E-state index < -0.39 is 0 Å². The molecule has 0 aliphatic carbocycles. The van der Waals surface area contributed by atoms with Gasteiger partial charge in [0, 0.05) is 11.8 Å². The number of anilines is 1. The molecule has 4 nitrogen and oxygen atoms in total. The molecule has 1 atom stereocenters. The molecule has 0 amide bonds. The lowest BCUT2D eigenvalue weighted by molar-refractivity contribution is 0.174. The predicted molar refractivity (Wildman–Crippen MR) is 101 cm³/mol. The van der Waals surface area contributed by atoms with E-state index >= 15 is 0 Å². The molecule has 3 rings (SSSR count). The maximum absolute atomic E-state index is 5.41. The van der Waals surface area contributed by atoms with E-state index in [2.05, 4.69) is 55.7 Å². The van der Waals surface area contributed by atoms with Gasteiger partial charge in [-0.2, -0.15) is 0 Å². The number of fused-ring (bicyclic) bond motifs is 1. The molecule has 0 saturated heterocycles. The van der Waals surface area contributed by atoms with E-state index in [9.17, 15) is 0 Å². The highest BCUT2D eigenvalue weighted by atomic mass is 32.1. The average molecular weight is 342 g/mol. The van der Waals surface area contributed by atoms with E-state index in [0.717, 1.165) is 17.2 Å². The fourth-order valence-electron chi connectivity index (χ4n) is 2.59. The molecule has 2 N–H and O–H groups in total. The summed E-state index contributed by atoms with van der Waals surface area (Å²) < 4.78 is 10.7. The van der Waals surface area contributed by atoms with Gasteiger partial charge < -0.3 is 20.1 Å². The molecule has 1 heterocycles. The lowest BCUT2D eigenvalue weighted by atomic mass is 10.00. The van der Waals surface area contributed by atoms with Crippen molar-refractivity contribution in [2.45, 2.75) is 32.7 Å². The van der Waals surface area contributed by atoms with Gasteiger partial charge in [0.1, 0.15) is 0 Å². The smallest absolute Gasteiger partial charge is 0.231 e. The highest BCUT2D eigenvalue weighted by Crippen LogP contribution is 2.34. The Bertz CT molecular complexity index is 729. The highest BCUT2D eigenvalue weighted by Gasteiger charge is 2.14. The summed E-state index contributed by atoms with van der Waals surface area (Å²) >= 11 is 5.41. The number of nitrogens with one attached hydrogen (secondary N) is 2.